The normalized spacial score (nSPS) is 16.3. The van der Waals surface area contributed by atoms with Crippen LogP contribution in [0.3, 0.4) is 0 Å². The van der Waals surface area contributed by atoms with Gasteiger partial charge in [-0.2, -0.15) is 0 Å². The van der Waals surface area contributed by atoms with Crippen molar-refractivity contribution in [2.45, 2.75) is 13.0 Å². The zero-order chi connectivity index (χ0) is 9.97. The minimum atomic E-state index is -1.00. The van der Waals surface area contributed by atoms with Crippen molar-refractivity contribution in [2.75, 3.05) is 13.1 Å². The van der Waals surface area contributed by atoms with E-state index in [2.05, 4.69) is 14.9 Å². The first-order chi connectivity index (χ1) is 6.75. The molecular formula is C9H11N3O2. The molecule has 5 heteroatoms. The van der Waals surface area contributed by atoms with Crippen LogP contribution in [0.1, 0.15) is 22.6 Å². The number of carboxylic acids is 1. The summed E-state index contributed by atoms with van der Waals surface area (Å²) >= 11 is 0. The molecule has 1 aromatic rings. The van der Waals surface area contributed by atoms with Crippen LogP contribution in [0.25, 0.3) is 0 Å². The van der Waals surface area contributed by atoms with Crippen LogP contribution >= 0.6 is 0 Å². The van der Waals surface area contributed by atoms with Crippen molar-refractivity contribution in [3.05, 3.63) is 23.8 Å². The molecule has 0 saturated carbocycles. The van der Waals surface area contributed by atoms with Crippen LogP contribution in [-0.4, -0.2) is 39.0 Å². The molecule has 2 heterocycles. The summed E-state index contributed by atoms with van der Waals surface area (Å²) in [5.74, 6) is -1.00. The minimum absolute atomic E-state index is 0.0653. The summed E-state index contributed by atoms with van der Waals surface area (Å²) in [7, 11) is 0. The van der Waals surface area contributed by atoms with Crippen LogP contribution in [-0.2, 0) is 6.54 Å². The zero-order valence-corrected chi connectivity index (χ0v) is 7.68. The third-order valence-corrected chi connectivity index (χ3v) is 2.28. The van der Waals surface area contributed by atoms with Crippen molar-refractivity contribution in [3.8, 4) is 0 Å². The summed E-state index contributed by atoms with van der Waals surface area (Å²) in [5, 5.41) is 8.71. The molecule has 0 aliphatic carbocycles. The SMILES string of the molecule is O=C(O)c1cc(CN2CCC2)ncn1. The molecule has 1 aromatic heterocycles. The Kier molecular flexibility index (Phi) is 2.41. The van der Waals surface area contributed by atoms with Crippen LogP contribution in [0, 0.1) is 0 Å². The number of carboxylic acid groups (broad SMARTS) is 1. The molecule has 2 rings (SSSR count). The average molecular weight is 193 g/mol. The average Bonchev–Trinajstić information content (AvgIpc) is 2.12. The summed E-state index contributed by atoms with van der Waals surface area (Å²) in [6.45, 7) is 2.88. The number of nitrogens with zero attached hydrogens (tertiary/aromatic N) is 3. The van der Waals surface area contributed by atoms with Crippen LogP contribution in [0.4, 0.5) is 0 Å². The maximum Gasteiger partial charge on any atom is 0.354 e. The Balaban J connectivity index is 2.09. The van der Waals surface area contributed by atoms with E-state index in [1.54, 1.807) is 0 Å². The molecule has 5 nitrogen and oxygen atoms in total. The molecule has 0 spiro atoms. The van der Waals surface area contributed by atoms with Gasteiger partial charge >= 0.3 is 5.97 Å². The van der Waals surface area contributed by atoms with Gasteiger partial charge in [0.15, 0.2) is 5.69 Å². The first-order valence-corrected chi connectivity index (χ1v) is 4.52. The molecule has 0 amide bonds. The number of likely N-dealkylation sites (tertiary alicyclic amines) is 1. The van der Waals surface area contributed by atoms with Gasteiger partial charge in [0.05, 0.1) is 5.69 Å². The molecule has 1 aliphatic heterocycles. The van der Waals surface area contributed by atoms with Gasteiger partial charge in [-0.05, 0) is 25.6 Å². The minimum Gasteiger partial charge on any atom is -0.477 e. The topological polar surface area (TPSA) is 66.3 Å². The second-order valence-corrected chi connectivity index (χ2v) is 3.33. The smallest absolute Gasteiger partial charge is 0.354 e. The maximum atomic E-state index is 10.6. The van der Waals surface area contributed by atoms with Crippen molar-refractivity contribution in [1.82, 2.24) is 14.9 Å². The monoisotopic (exact) mass is 193 g/mol. The highest BCUT2D eigenvalue weighted by Crippen LogP contribution is 2.10. The van der Waals surface area contributed by atoms with Crippen LogP contribution < -0.4 is 0 Å². The molecule has 0 radical (unpaired) electrons. The van der Waals surface area contributed by atoms with E-state index in [9.17, 15) is 4.79 Å². The summed E-state index contributed by atoms with van der Waals surface area (Å²) in [4.78, 5) is 20.5. The second-order valence-electron chi connectivity index (χ2n) is 3.33. The van der Waals surface area contributed by atoms with E-state index in [-0.39, 0.29) is 5.69 Å². The van der Waals surface area contributed by atoms with Gasteiger partial charge in [0.1, 0.15) is 6.33 Å². The lowest BCUT2D eigenvalue weighted by atomic mass is 10.2. The highest BCUT2D eigenvalue weighted by atomic mass is 16.4. The van der Waals surface area contributed by atoms with Gasteiger partial charge in [0.25, 0.3) is 0 Å². The molecule has 0 bridgehead atoms. The second kappa shape index (κ2) is 3.71. The van der Waals surface area contributed by atoms with Crippen LogP contribution in [0.5, 0.6) is 0 Å². The predicted molar refractivity (Wildman–Crippen MR) is 48.9 cm³/mol. The summed E-state index contributed by atoms with van der Waals surface area (Å²) in [5.41, 5.74) is 0.840. The molecular weight excluding hydrogens is 182 g/mol. The molecule has 14 heavy (non-hydrogen) atoms. The van der Waals surface area contributed by atoms with Crippen molar-refractivity contribution < 1.29 is 9.90 Å². The molecule has 0 aromatic carbocycles. The fraction of sp³-hybridized carbons (Fsp3) is 0.444. The lowest BCUT2D eigenvalue weighted by Gasteiger charge is -2.30. The van der Waals surface area contributed by atoms with Crippen molar-refractivity contribution in [2.24, 2.45) is 0 Å². The van der Waals surface area contributed by atoms with Gasteiger partial charge in [-0.15, -0.1) is 0 Å². The van der Waals surface area contributed by atoms with Crippen molar-refractivity contribution >= 4 is 5.97 Å². The Labute approximate surface area is 81.4 Å². The van der Waals surface area contributed by atoms with Gasteiger partial charge in [0, 0.05) is 6.54 Å². The number of hydrogen-bond acceptors (Lipinski definition) is 4. The number of aromatic nitrogens is 2. The Morgan fingerprint density at radius 3 is 2.86 bits per heavy atom. The van der Waals surface area contributed by atoms with Gasteiger partial charge in [-0.25, -0.2) is 14.8 Å². The molecule has 1 N–H and O–H groups in total. The predicted octanol–water partition coefficient (Wildman–Crippen LogP) is 0.381. The van der Waals surface area contributed by atoms with Crippen molar-refractivity contribution in [1.29, 1.82) is 0 Å². The van der Waals surface area contributed by atoms with Crippen molar-refractivity contribution in [3.63, 3.8) is 0 Å². The van der Waals surface area contributed by atoms with E-state index in [1.807, 2.05) is 0 Å². The molecule has 0 atom stereocenters. The third kappa shape index (κ3) is 1.88. The first-order valence-electron chi connectivity index (χ1n) is 4.52. The Bertz CT molecular complexity index is 350. The zero-order valence-electron chi connectivity index (χ0n) is 7.68. The van der Waals surface area contributed by atoms with E-state index in [0.717, 1.165) is 25.3 Å². The summed E-state index contributed by atoms with van der Waals surface area (Å²) in [6, 6.07) is 1.53. The van der Waals surface area contributed by atoms with Gasteiger partial charge in [0.2, 0.25) is 0 Å². The van der Waals surface area contributed by atoms with Gasteiger partial charge in [-0.3, -0.25) is 4.90 Å². The largest absolute Gasteiger partial charge is 0.477 e. The highest BCUT2D eigenvalue weighted by molar-refractivity contribution is 5.85. The van der Waals surface area contributed by atoms with Gasteiger partial charge in [-0.1, -0.05) is 0 Å². The summed E-state index contributed by atoms with van der Waals surface area (Å²) < 4.78 is 0. The first kappa shape index (κ1) is 9.08. The standard InChI is InChI=1S/C9H11N3O2/c13-9(14)8-4-7(10-6-11-8)5-12-2-1-3-12/h4,6H,1-3,5H2,(H,13,14). The maximum absolute atomic E-state index is 10.6. The molecule has 74 valence electrons. The van der Waals surface area contributed by atoms with E-state index in [1.165, 1.54) is 18.8 Å². The molecule has 0 unspecified atom stereocenters. The fourth-order valence-electron chi connectivity index (χ4n) is 1.37. The number of hydrogen-bond donors (Lipinski definition) is 1. The Hall–Kier alpha value is -1.49. The lowest BCUT2D eigenvalue weighted by Crippen LogP contribution is -2.36. The fourth-order valence-corrected chi connectivity index (χ4v) is 1.37. The highest BCUT2D eigenvalue weighted by Gasteiger charge is 2.15. The van der Waals surface area contributed by atoms with E-state index >= 15 is 0 Å². The molecule has 1 fully saturated rings. The quantitative estimate of drug-likeness (QED) is 0.751. The number of rotatable bonds is 3. The molecule has 1 saturated heterocycles. The lowest BCUT2D eigenvalue weighted by molar-refractivity contribution is 0.0689. The summed E-state index contributed by atoms with van der Waals surface area (Å²) in [6.07, 6.45) is 2.52. The number of aromatic carboxylic acids is 1. The Morgan fingerprint density at radius 1 is 1.50 bits per heavy atom. The number of carbonyl (C=O) groups is 1. The molecule has 1 aliphatic rings. The van der Waals surface area contributed by atoms with Crippen LogP contribution in [0.2, 0.25) is 0 Å². The van der Waals surface area contributed by atoms with E-state index in [4.69, 9.17) is 5.11 Å². The Morgan fingerprint density at radius 2 is 2.29 bits per heavy atom. The van der Waals surface area contributed by atoms with Crippen LogP contribution in [0.15, 0.2) is 12.4 Å². The third-order valence-electron chi connectivity index (χ3n) is 2.28. The van der Waals surface area contributed by atoms with E-state index < -0.39 is 5.97 Å². The van der Waals surface area contributed by atoms with Gasteiger partial charge < -0.3 is 5.11 Å². The van der Waals surface area contributed by atoms with E-state index in [0.29, 0.717) is 0 Å².